The number of amides is 1. The van der Waals surface area contributed by atoms with Gasteiger partial charge in [-0.3, -0.25) is 23.7 Å². The van der Waals surface area contributed by atoms with E-state index in [9.17, 15) is 19.2 Å². The average Bonchev–Trinajstić information content (AvgIpc) is 3.59. The van der Waals surface area contributed by atoms with Crippen molar-refractivity contribution in [2.24, 2.45) is 0 Å². The van der Waals surface area contributed by atoms with E-state index < -0.39 is 53.6 Å². The Bertz CT molecular complexity index is 1300. The summed E-state index contributed by atoms with van der Waals surface area (Å²) in [7, 11) is 0. The quantitative estimate of drug-likeness (QED) is 0.290. The largest absolute Gasteiger partial charge is 0.486 e. The standard InChI is InChI=1S/C29H38N4O9S/c1-16-10-12-22(13-11-16)39-15-24-31-32-29(33(24)21-8-6-7-9-21)43-28-25(30-17(2)34)27(41-20(5)37)26(40-19(4)36)23(42-28)14-38-18(3)35/h10-13,21,23,25-28H,6-9,14-15H2,1-5H3,(H,30,34)/t23-,25-,26-,27-,28-/m1/s1. The van der Waals surface area contributed by atoms with Crippen molar-refractivity contribution < 1.29 is 42.9 Å². The molecule has 0 radical (unpaired) electrons. The Morgan fingerprint density at radius 2 is 1.60 bits per heavy atom. The van der Waals surface area contributed by atoms with Gasteiger partial charge in [0.1, 0.15) is 36.5 Å². The van der Waals surface area contributed by atoms with Crippen molar-refractivity contribution in [3.8, 4) is 5.75 Å². The van der Waals surface area contributed by atoms with E-state index in [0.717, 1.165) is 31.2 Å². The molecule has 0 spiro atoms. The van der Waals surface area contributed by atoms with Crippen LogP contribution in [-0.4, -0.2) is 75.0 Å². The minimum Gasteiger partial charge on any atom is -0.486 e. The zero-order chi connectivity index (χ0) is 31.1. The molecule has 13 nitrogen and oxygen atoms in total. The summed E-state index contributed by atoms with van der Waals surface area (Å²) >= 11 is 1.19. The molecule has 1 N–H and O–H groups in total. The van der Waals surface area contributed by atoms with Crippen LogP contribution in [0.4, 0.5) is 0 Å². The highest BCUT2D eigenvalue weighted by Gasteiger charge is 2.51. The van der Waals surface area contributed by atoms with Crippen molar-refractivity contribution in [2.75, 3.05) is 6.61 Å². The Hall–Kier alpha value is -3.65. The summed E-state index contributed by atoms with van der Waals surface area (Å²) < 4.78 is 30.8. The molecular weight excluding hydrogens is 580 g/mol. The highest BCUT2D eigenvalue weighted by Crippen LogP contribution is 2.39. The van der Waals surface area contributed by atoms with Crippen LogP contribution in [0.2, 0.25) is 0 Å². The number of carbonyl (C=O) groups excluding carboxylic acids is 4. The lowest BCUT2D eigenvalue weighted by atomic mass is 9.97. The monoisotopic (exact) mass is 618 g/mol. The molecule has 43 heavy (non-hydrogen) atoms. The summed E-state index contributed by atoms with van der Waals surface area (Å²) in [6.07, 6.45) is 0.662. The summed E-state index contributed by atoms with van der Waals surface area (Å²) in [5.74, 6) is -0.962. The van der Waals surface area contributed by atoms with E-state index in [1.807, 2.05) is 35.8 Å². The van der Waals surface area contributed by atoms with Gasteiger partial charge < -0.3 is 29.0 Å². The summed E-state index contributed by atoms with van der Waals surface area (Å²) in [5, 5.41) is 12.2. The lowest BCUT2D eigenvalue weighted by Crippen LogP contribution is -2.65. The van der Waals surface area contributed by atoms with Crippen LogP contribution in [0, 0.1) is 6.92 Å². The van der Waals surface area contributed by atoms with E-state index >= 15 is 0 Å². The third kappa shape index (κ3) is 8.69. The van der Waals surface area contributed by atoms with Gasteiger partial charge in [-0.15, -0.1) is 10.2 Å². The second kappa shape index (κ2) is 14.7. The molecule has 2 aromatic rings. The van der Waals surface area contributed by atoms with Gasteiger partial charge in [-0.1, -0.05) is 42.3 Å². The van der Waals surface area contributed by atoms with Gasteiger partial charge in [0.15, 0.2) is 23.2 Å². The van der Waals surface area contributed by atoms with Gasteiger partial charge in [-0.25, -0.2) is 0 Å². The van der Waals surface area contributed by atoms with Gasteiger partial charge in [0.05, 0.1) is 0 Å². The Morgan fingerprint density at radius 3 is 2.21 bits per heavy atom. The summed E-state index contributed by atoms with van der Waals surface area (Å²) in [6.45, 7) is 6.89. The van der Waals surface area contributed by atoms with Crippen molar-refractivity contribution in [3.63, 3.8) is 0 Å². The lowest BCUT2D eigenvalue weighted by Gasteiger charge is -2.44. The van der Waals surface area contributed by atoms with Gasteiger partial charge in [0.25, 0.3) is 0 Å². The molecule has 1 saturated carbocycles. The van der Waals surface area contributed by atoms with E-state index in [1.165, 1.54) is 39.5 Å². The maximum atomic E-state index is 12.3. The highest BCUT2D eigenvalue weighted by atomic mass is 32.2. The average molecular weight is 619 g/mol. The molecule has 2 fully saturated rings. The molecule has 4 rings (SSSR count). The first-order valence-electron chi connectivity index (χ1n) is 14.2. The van der Waals surface area contributed by atoms with Gasteiger partial charge in [-0.05, 0) is 31.9 Å². The van der Waals surface area contributed by atoms with E-state index in [4.69, 9.17) is 23.7 Å². The molecule has 234 valence electrons. The molecule has 14 heteroatoms. The molecule has 1 aliphatic carbocycles. The summed E-state index contributed by atoms with van der Waals surface area (Å²) in [6, 6.07) is 6.91. The molecule has 1 aromatic carbocycles. The van der Waals surface area contributed by atoms with Crippen LogP contribution < -0.4 is 10.1 Å². The van der Waals surface area contributed by atoms with Crippen molar-refractivity contribution in [2.45, 2.75) is 108 Å². The molecule has 0 unspecified atom stereocenters. The van der Waals surface area contributed by atoms with Crippen LogP contribution in [-0.2, 0) is 44.7 Å². The number of hydrogen-bond acceptors (Lipinski definition) is 12. The first kappa shape index (κ1) is 32.3. The first-order valence-corrected chi connectivity index (χ1v) is 15.1. The topological polar surface area (TPSA) is 157 Å². The number of esters is 3. The third-order valence-corrected chi connectivity index (χ3v) is 8.23. The van der Waals surface area contributed by atoms with Crippen molar-refractivity contribution in [1.29, 1.82) is 0 Å². The summed E-state index contributed by atoms with van der Waals surface area (Å²) in [5.41, 5.74) is 0.229. The van der Waals surface area contributed by atoms with Crippen LogP contribution in [0.1, 0.15) is 70.8 Å². The van der Waals surface area contributed by atoms with E-state index in [2.05, 4.69) is 15.5 Å². The number of carbonyl (C=O) groups is 4. The number of hydrogen-bond donors (Lipinski definition) is 1. The van der Waals surface area contributed by atoms with Gasteiger partial charge in [0.2, 0.25) is 5.91 Å². The van der Waals surface area contributed by atoms with Gasteiger partial charge >= 0.3 is 17.9 Å². The maximum Gasteiger partial charge on any atom is 0.303 e. The molecule has 1 aliphatic heterocycles. The van der Waals surface area contributed by atoms with Gasteiger partial charge in [0, 0.05) is 33.7 Å². The highest BCUT2D eigenvalue weighted by molar-refractivity contribution is 7.99. The smallest absolute Gasteiger partial charge is 0.303 e. The molecule has 5 atom stereocenters. The number of nitrogens with one attached hydrogen (secondary N) is 1. The van der Waals surface area contributed by atoms with E-state index in [-0.39, 0.29) is 19.3 Å². The van der Waals surface area contributed by atoms with Crippen LogP contribution >= 0.6 is 11.8 Å². The Balaban J connectivity index is 1.68. The molecule has 1 aromatic heterocycles. The van der Waals surface area contributed by atoms with Crippen LogP contribution in [0.15, 0.2) is 29.4 Å². The zero-order valence-electron chi connectivity index (χ0n) is 24.9. The number of benzene rings is 1. The van der Waals surface area contributed by atoms with Crippen LogP contribution in [0.5, 0.6) is 5.75 Å². The number of thioether (sulfide) groups is 1. The number of nitrogens with zero attached hydrogens (tertiary/aromatic N) is 3. The van der Waals surface area contributed by atoms with Gasteiger partial charge in [-0.2, -0.15) is 0 Å². The number of ether oxygens (including phenoxy) is 5. The molecule has 1 amide bonds. The van der Waals surface area contributed by atoms with Crippen molar-refractivity contribution in [3.05, 3.63) is 35.7 Å². The second-order valence-corrected chi connectivity index (χ2v) is 11.7. The second-order valence-electron chi connectivity index (χ2n) is 10.6. The normalized spacial score (nSPS) is 23.8. The Morgan fingerprint density at radius 1 is 0.953 bits per heavy atom. The zero-order valence-corrected chi connectivity index (χ0v) is 25.8. The van der Waals surface area contributed by atoms with E-state index in [1.54, 1.807) is 0 Å². The Labute approximate surface area is 254 Å². The maximum absolute atomic E-state index is 12.3. The van der Waals surface area contributed by atoms with E-state index in [0.29, 0.717) is 16.7 Å². The Kier molecular flexibility index (Phi) is 11.0. The SMILES string of the molecule is CC(=O)N[C@@H]1[C@@H](OC(C)=O)[C@H](OC(C)=O)[C@@H](COC(C)=O)O[C@@H]1Sc1nnc(COc2ccc(C)cc2)n1C1CCCC1. The minimum atomic E-state index is -1.17. The number of rotatable bonds is 11. The fourth-order valence-corrected chi connectivity index (χ4v) is 6.52. The molecule has 2 aliphatic rings. The van der Waals surface area contributed by atoms with Crippen LogP contribution in [0.3, 0.4) is 0 Å². The number of aryl methyl sites for hydroxylation is 1. The number of aromatic nitrogens is 3. The molecule has 0 bridgehead atoms. The summed E-state index contributed by atoms with van der Waals surface area (Å²) in [4.78, 5) is 48.3. The molecule has 2 heterocycles. The first-order chi connectivity index (χ1) is 20.5. The van der Waals surface area contributed by atoms with Crippen molar-refractivity contribution >= 4 is 35.6 Å². The fraction of sp³-hybridized carbons (Fsp3) is 0.586. The molecular formula is C29H38N4O9S. The third-order valence-electron chi connectivity index (χ3n) is 7.11. The fourth-order valence-electron chi connectivity index (χ4n) is 5.29. The predicted octanol–water partition coefficient (Wildman–Crippen LogP) is 3.03. The predicted molar refractivity (Wildman–Crippen MR) is 153 cm³/mol. The molecule has 1 saturated heterocycles. The van der Waals surface area contributed by atoms with Crippen molar-refractivity contribution in [1.82, 2.24) is 20.1 Å². The van der Waals surface area contributed by atoms with Crippen LogP contribution in [0.25, 0.3) is 0 Å². The minimum absolute atomic E-state index is 0.131. The lowest BCUT2D eigenvalue weighted by molar-refractivity contribution is -0.211.